The fraction of sp³-hybridized carbons (Fsp3) is 0.333. The lowest BCUT2D eigenvalue weighted by Crippen LogP contribution is -2.35. The highest BCUT2D eigenvalue weighted by molar-refractivity contribution is 5.82. The minimum absolute atomic E-state index is 0.319. The molecule has 0 amide bonds. The summed E-state index contributed by atoms with van der Waals surface area (Å²) >= 11 is 0. The second-order valence-electron chi connectivity index (χ2n) is 5.17. The van der Waals surface area contributed by atoms with Gasteiger partial charge in [-0.05, 0) is 23.6 Å². The van der Waals surface area contributed by atoms with Crippen LogP contribution in [0.2, 0.25) is 0 Å². The van der Waals surface area contributed by atoms with Crippen molar-refractivity contribution in [3.63, 3.8) is 0 Å². The van der Waals surface area contributed by atoms with E-state index in [1.165, 1.54) is 12.3 Å². The van der Waals surface area contributed by atoms with Gasteiger partial charge in [-0.1, -0.05) is 6.07 Å². The monoisotopic (exact) mass is 302 g/mol. The molecule has 114 valence electrons. The number of aromatic nitrogens is 1. The fourth-order valence-electron chi connectivity index (χ4n) is 2.63. The van der Waals surface area contributed by atoms with Crippen molar-refractivity contribution >= 4 is 10.8 Å². The molecule has 7 nitrogen and oxygen atoms in total. The summed E-state index contributed by atoms with van der Waals surface area (Å²) in [4.78, 5) is 12.5. The van der Waals surface area contributed by atoms with Crippen LogP contribution in [0.25, 0.3) is 10.8 Å². The first kappa shape index (κ1) is 14.7. The van der Waals surface area contributed by atoms with Gasteiger partial charge in [0.15, 0.2) is 6.23 Å². The summed E-state index contributed by atoms with van der Waals surface area (Å²) in [7, 11) is 0. The van der Waals surface area contributed by atoms with Gasteiger partial charge >= 0.3 is 0 Å². The number of nitriles is 1. The Morgan fingerprint density at radius 2 is 2.05 bits per heavy atom. The molecule has 1 aromatic heterocycles. The van der Waals surface area contributed by atoms with Gasteiger partial charge in [0.25, 0.3) is 5.56 Å². The molecule has 1 aromatic carbocycles. The number of aliphatic hydroxyl groups excluding tert-OH is 3. The quantitative estimate of drug-likeness (QED) is 0.688. The summed E-state index contributed by atoms with van der Waals surface area (Å²) in [6.07, 6.45) is -3.19. The second-order valence-corrected chi connectivity index (χ2v) is 5.17. The van der Waals surface area contributed by atoms with Crippen molar-refractivity contribution < 1.29 is 20.1 Å². The van der Waals surface area contributed by atoms with Crippen molar-refractivity contribution in [3.05, 3.63) is 46.4 Å². The van der Waals surface area contributed by atoms with Crippen LogP contribution in [-0.4, -0.2) is 44.8 Å². The van der Waals surface area contributed by atoms with Crippen LogP contribution in [0.1, 0.15) is 11.8 Å². The maximum absolute atomic E-state index is 12.5. The van der Waals surface area contributed by atoms with Gasteiger partial charge in [-0.2, -0.15) is 5.26 Å². The van der Waals surface area contributed by atoms with Gasteiger partial charge in [-0.15, -0.1) is 0 Å². The number of fused-ring (bicyclic) bond motifs is 1. The average Bonchev–Trinajstić information content (AvgIpc) is 2.83. The second kappa shape index (κ2) is 5.51. The highest BCUT2D eigenvalue weighted by Crippen LogP contribution is 2.28. The zero-order chi connectivity index (χ0) is 15.9. The van der Waals surface area contributed by atoms with Crippen molar-refractivity contribution in [3.8, 4) is 6.07 Å². The van der Waals surface area contributed by atoms with E-state index in [2.05, 4.69) is 0 Å². The molecule has 0 radical (unpaired) electrons. The van der Waals surface area contributed by atoms with E-state index in [0.29, 0.717) is 16.3 Å². The molecule has 4 unspecified atom stereocenters. The number of benzene rings is 1. The number of hydrogen-bond acceptors (Lipinski definition) is 6. The van der Waals surface area contributed by atoms with E-state index in [1.807, 2.05) is 6.07 Å². The lowest BCUT2D eigenvalue weighted by Gasteiger charge is -2.18. The Morgan fingerprint density at radius 3 is 2.68 bits per heavy atom. The number of pyridine rings is 1. The van der Waals surface area contributed by atoms with E-state index in [9.17, 15) is 15.0 Å². The molecule has 0 spiro atoms. The highest BCUT2D eigenvalue weighted by atomic mass is 16.6. The summed E-state index contributed by atoms with van der Waals surface area (Å²) < 4.78 is 6.52. The van der Waals surface area contributed by atoms with Crippen molar-refractivity contribution in [1.29, 1.82) is 5.26 Å². The van der Waals surface area contributed by atoms with Gasteiger partial charge in [0.05, 0.1) is 18.2 Å². The topological polar surface area (TPSA) is 116 Å². The Bertz CT molecular complexity index is 810. The minimum Gasteiger partial charge on any atom is -0.394 e. The lowest BCUT2D eigenvalue weighted by molar-refractivity contribution is -0.0541. The summed E-state index contributed by atoms with van der Waals surface area (Å²) in [5.41, 5.74) is -0.0899. The van der Waals surface area contributed by atoms with Gasteiger partial charge in [0, 0.05) is 11.6 Å². The van der Waals surface area contributed by atoms with Crippen LogP contribution < -0.4 is 5.56 Å². The highest BCUT2D eigenvalue weighted by Gasteiger charge is 2.43. The molecular formula is C15H14N2O5. The predicted molar refractivity (Wildman–Crippen MR) is 75.9 cm³/mol. The summed E-state index contributed by atoms with van der Waals surface area (Å²) in [6.45, 7) is -0.463. The maximum Gasteiger partial charge on any atom is 0.260 e. The zero-order valence-corrected chi connectivity index (χ0v) is 11.5. The van der Waals surface area contributed by atoms with Crippen LogP contribution in [-0.2, 0) is 4.74 Å². The molecule has 2 aromatic rings. The maximum atomic E-state index is 12.5. The molecule has 3 N–H and O–H groups in total. The molecule has 4 atom stereocenters. The Hall–Kier alpha value is -2.24. The predicted octanol–water partition coefficient (Wildman–Crippen LogP) is -0.515. The number of hydrogen-bond donors (Lipinski definition) is 3. The van der Waals surface area contributed by atoms with Gasteiger partial charge in [-0.3, -0.25) is 9.36 Å². The molecule has 1 fully saturated rings. The van der Waals surface area contributed by atoms with E-state index in [1.54, 1.807) is 18.2 Å². The normalized spacial score (nSPS) is 27.9. The van der Waals surface area contributed by atoms with Crippen molar-refractivity contribution in [2.45, 2.75) is 24.5 Å². The Balaban J connectivity index is 2.11. The zero-order valence-electron chi connectivity index (χ0n) is 11.5. The van der Waals surface area contributed by atoms with E-state index in [4.69, 9.17) is 15.1 Å². The SMILES string of the molecule is N#Cc1ccc2ccn(C3OC(CO)C(O)C3O)c(=O)c2c1. The summed E-state index contributed by atoms with van der Waals surface area (Å²) in [5, 5.41) is 38.8. The third-order valence-electron chi connectivity index (χ3n) is 3.85. The van der Waals surface area contributed by atoms with Crippen molar-refractivity contribution in [1.82, 2.24) is 4.57 Å². The molecule has 3 rings (SSSR count). The summed E-state index contributed by atoms with van der Waals surface area (Å²) in [5.74, 6) is 0. The summed E-state index contributed by atoms with van der Waals surface area (Å²) in [6, 6.07) is 8.37. The molecule has 0 saturated carbocycles. The molecule has 0 bridgehead atoms. The first-order valence-electron chi connectivity index (χ1n) is 6.74. The van der Waals surface area contributed by atoms with Crippen molar-refractivity contribution in [2.24, 2.45) is 0 Å². The molecule has 1 saturated heterocycles. The Kier molecular flexibility index (Phi) is 3.68. The average molecular weight is 302 g/mol. The van der Waals surface area contributed by atoms with E-state index < -0.39 is 36.7 Å². The molecule has 1 aliphatic rings. The Morgan fingerprint density at radius 1 is 1.27 bits per heavy atom. The van der Waals surface area contributed by atoms with E-state index in [-0.39, 0.29) is 0 Å². The van der Waals surface area contributed by atoms with Gasteiger partial charge in [0.2, 0.25) is 0 Å². The van der Waals surface area contributed by atoms with Gasteiger partial charge in [-0.25, -0.2) is 0 Å². The van der Waals surface area contributed by atoms with Crippen LogP contribution in [0.15, 0.2) is 35.3 Å². The van der Waals surface area contributed by atoms with Crippen LogP contribution in [0.3, 0.4) is 0 Å². The van der Waals surface area contributed by atoms with Gasteiger partial charge < -0.3 is 20.1 Å². The van der Waals surface area contributed by atoms with Crippen LogP contribution in [0, 0.1) is 11.3 Å². The number of nitrogens with zero attached hydrogens (tertiary/aromatic N) is 2. The van der Waals surface area contributed by atoms with Gasteiger partial charge in [0.1, 0.15) is 18.3 Å². The Labute approximate surface area is 125 Å². The van der Waals surface area contributed by atoms with E-state index >= 15 is 0 Å². The number of aliphatic hydroxyl groups is 3. The van der Waals surface area contributed by atoms with Crippen molar-refractivity contribution in [2.75, 3.05) is 6.61 Å². The first-order chi connectivity index (χ1) is 10.6. The standard InChI is InChI=1S/C15H14N2O5/c16-6-8-1-2-9-3-4-17(14(21)10(9)5-8)15-13(20)12(19)11(7-18)22-15/h1-5,11-13,15,18-20H,7H2. The minimum atomic E-state index is -1.33. The third kappa shape index (κ3) is 2.19. The third-order valence-corrected chi connectivity index (χ3v) is 3.85. The first-order valence-corrected chi connectivity index (χ1v) is 6.74. The van der Waals surface area contributed by atoms with E-state index in [0.717, 1.165) is 4.57 Å². The molecular weight excluding hydrogens is 288 g/mol. The number of rotatable bonds is 2. The van der Waals surface area contributed by atoms with Crippen LogP contribution in [0.4, 0.5) is 0 Å². The molecule has 1 aliphatic heterocycles. The molecule has 7 heteroatoms. The smallest absolute Gasteiger partial charge is 0.260 e. The number of ether oxygens (including phenoxy) is 1. The van der Waals surface area contributed by atoms with Crippen LogP contribution in [0.5, 0.6) is 0 Å². The largest absolute Gasteiger partial charge is 0.394 e. The fourth-order valence-corrected chi connectivity index (χ4v) is 2.63. The molecule has 0 aliphatic carbocycles. The molecule has 22 heavy (non-hydrogen) atoms. The molecule has 2 heterocycles. The lowest BCUT2D eigenvalue weighted by atomic mass is 10.1. The van der Waals surface area contributed by atoms with Crippen LogP contribution >= 0.6 is 0 Å².